The monoisotopic (exact) mass is 258 g/mol. The van der Waals surface area contributed by atoms with Crippen LogP contribution in [0.25, 0.3) is 0 Å². The molecule has 98 valence electrons. The SMILES string of the molecule is CCOC(=O)COC(=O)Cc1ccc(F)c(F)c1. The number of carbonyl (C=O) groups excluding carboxylic acids is 2. The van der Waals surface area contributed by atoms with Crippen molar-refractivity contribution in [3.8, 4) is 0 Å². The second kappa shape index (κ2) is 6.68. The molecule has 0 unspecified atom stereocenters. The Morgan fingerprint density at radius 2 is 1.83 bits per heavy atom. The van der Waals surface area contributed by atoms with Crippen molar-refractivity contribution in [3.63, 3.8) is 0 Å². The van der Waals surface area contributed by atoms with Crippen molar-refractivity contribution in [1.29, 1.82) is 0 Å². The molecule has 6 heteroatoms. The van der Waals surface area contributed by atoms with Crippen LogP contribution in [-0.4, -0.2) is 25.2 Å². The van der Waals surface area contributed by atoms with Crippen LogP contribution in [-0.2, 0) is 25.5 Å². The van der Waals surface area contributed by atoms with E-state index in [1.165, 1.54) is 6.07 Å². The number of hydrogen-bond donors (Lipinski definition) is 0. The molecule has 1 aromatic rings. The van der Waals surface area contributed by atoms with E-state index >= 15 is 0 Å². The minimum Gasteiger partial charge on any atom is -0.463 e. The molecular formula is C12H12F2O4. The third kappa shape index (κ3) is 4.48. The molecule has 0 saturated heterocycles. The summed E-state index contributed by atoms with van der Waals surface area (Å²) in [6.45, 7) is 1.33. The van der Waals surface area contributed by atoms with E-state index in [2.05, 4.69) is 9.47 Å². The zero-order valence-electron chi connectivity index (χ0n) is 9.74. The van der Waals surface area contributed by atoms with Crippen molar-refractivity contribution in [2.45, 2.75) is 13.3 Å². The van der Waals surface area contributed by atoms with E-state index in [0.29, 0.717) is 0 Å². The van der Waals surface area contributed by atoms with Crippen molar-refractivity contribution >= 4 is 11.9 Å². The molecule has 0 heterocycles. The van der Waals surface area contributed by atoms with Gasteiger partial charge in [-0.25, -0.2) is 13.6 Å². The number of esters is 2. The topological polar surface area (TPSA) is 52.6 Å². The molecule has 0 bridgehead atoms. The van der Waals surface area contributed by atoms with E-state index in [1.807, 2.05) is 0 Å². The third-order valence-electron chi connectivity index (χ3n) is 1.99. The smallest absolute Gasteiger partial charge is 0.344 e. The Hall–Kier alpha value is -1.98. The van der Waals surface area contributed by atoms with Gasteiger partial charge in [-0.15, -0.1) is 0 Å². The lowest BCUT2D eigenvalue weighted by molar-refractivity contribution is -0.158. The molecule has 0 atom stereocenters. The normalized spacial score (nSPS) is 9.94. The molecule has 0 aliphatic rings. The molecule has 0 aliphatic carbocycles. The Bertz CT molecular complexity index is 446. The van der Waals surface area contributed by atoms with Crippen molar-refractivity contribution < 1.29 is 27.8 Å². The first-order valence-electron chi connectivity index (χ1n) is 5.28. The van der Waals surface area contributed by atoms with Gasteiger partial charge >= 0.3 is 11.9 Å². The second-order valence-electron chi connectivity index (χ2n) is 3.39. The largest absolute Gasteiger partial charge is 0.463 e. The van der Waals surface area contributed by atoms with Crippen LogP contribution in [0.4, 0.5) is 8.78 Å². The van der Waals surface area contributed by atoms with Gasteiger partial charge in [0.15, 0.2) is 18.2 Å². The van der Waals surface area contributed by atoms with E-state index in [4.69, 9.17) is 0 Å². The molecule has 4 nitrogen and oxygen atoms in total. The summed E-state index contributed by atoms with van der Waals surface area (Å²) in [4.78, 5) is 22.2. The summed E-state index contributed by atoms with van der Waals surface area (Å²) in [6.07, 6.45) is -0.239. The minimum absolute atomic E-state index is 0.194. The maximum Gasteiger partial charge on any atom is 0.344 e. The van der Waals surface area contributed by atoms with Crippen LogP contribution >= 0.6 is 0 Å². The van der Waals surface area contributed by atoms with Gasteiger partial charge in [0.1, 0.15) is 0 Å². The average molecular weight is 258 g/mol. The van der Waals surface area contributed by atoms with Gasteiger partial charge in [0, 0.05) is 0 Å². The highest BCUT2D eigenvalue weighted by Gasteiger charge is 2.10. The van der Waals surface area contributed by atoms with Gasteiger partial charge in [0.2, 0.25) is 0 Å². The lowest BCUT2D eigenvalue weighted by Crippen LogP contribution is -2.17. The molecule has 0 radical (unpaired) electrons. The van der Waals surface area contributed by atoms with Crippen LogP contribution < -0.4 is 0 Å². The van der Waals surface area contributed by atoms with Gasteiger partial charge in [0.05, 0.1) is 13.0 Å². The molecule has 1 rings (SSSR count). The molecule has 0 saturated carbocycles. The first-order chi connectivity index (χ1) is 8.52. The van der Waals surface area contributed by atoms with Crippen molar-refractivity contribution in [2.24, 2.45) is 0 Å². The summed E-state index contributed by atoms with van der Waals surface area (Å²) in [5.74, 6) is -3.39. The first kappa shape index (κ1) is 14.1. The lowest BCUT2D eigenvalue weighted by atomic mass is 10.1. The Labute approximate surface area is 103 Å². The molecular weight excluding hydrogens is 246 g/mol. The number of ether oxygens (including phenoxy) is 2. The maximum atomic E-state index is 12.8. The molecule has 0 N–H and O–H groups in total. The molecule has 0 amide bonds. The van der Waals surface area contributed by atoms with Crippen LogP contribution in [0.5, 0.6) is 0 Å². The molecule has 0 aliphatic heterocycles. The van der Waals surface area contributed by atoms with Gasteiger partial charge in [-0.1, -0.05) is 6.07 Å². The third-order valence-corrected chi connectivity index (χ3v) is 1.99. The van der Waals surface area contributed by atoms with E-state index in [1.54, 1.807) is 6.92 Å². The summed E-state index contributed by atoms with van der Waals surface area (Å²) in [6, 6.07) is 3.09. The highest BCUT2D eigenvalue weighted by Crippen LogP contribution is 2.09. The predicted octanol–water partition coefficient (Wildman–Crippen LogP) is 1.61. The highest BCUT2D eigenvalue weighted by molar-refractivity contribution is 5.77. The summed E-state index contributed by atoms with van der Waals surface area (Å²) >= 11 is 0. The number of hydrogen-bond acceptors (Lipinski definition) is 4. The van der Waals surface area contributed by atoms with Crippen LogP contribution in [0.15, 0.2) is 18.2 Å². The Morgan fingerprint density at radius 3 is 2.44 bits per heavy atom. The minimum atomic E-state index is -1.04. The summed E-state index contributed by atoms with van der Waals surface area (Å²) in [5, 5.41) is 0. The molecule has 0 aromatic heterocycles. The van der Waals surface area contributed by atoms with Crippen molar-refractivity contribution in [3.05, 3.63) is 35.4 Å². The van der Waals surface area contributed by atoms with Crippen LogP contribution in [0, 0.1) is 11.6 Å². The summed E-state index contributed by atoms with van der Waals surface area (Å²) in [5.41, 5.74) is 0.266. The number of halogens is 2. The lowest BCUT2D eigenvalue weighted by Gasteiger charge is -2.05. The van der Waals surface area contributed by atoms with Crippen molar-refractivity contribution in [2.75, 3.05) is 13.2 Å². The fraction of sp³-hybridized carbons (Fsp3) is 0.333. The van der Waals surface area contributed by atoms with Crippen LogP contribution in [0.2, 0.25) is 0 Å². The fourth-order valence-electron chi connectivity index (χ4n) is 1.21. The van der Waals surface area contributed by atoms with E-state index in [-0.39, 0.29) is 18.6 Å². The van der Waals surface area contributed by atoms with Crippen LogP contribution in [0.1, 0.15) is 12.5 Å². The van der Waals surface area contributed by atoms with E-state index in [0.717, 1.165) is 12.1 Å². The molecule has 0 fully saturated rings. The number of benzene rings is 1. The molecule has 0 spiro atoms. The van der Waals surface area contributed by atoms with Gasteiger partial charge in [-0.2, -0.15) is 0 Å². The van der Waals surface area contributed by atoms with Crippen LogP contribution in [0.3, 0.4) is 0 Å². The van der Waals surface area contributed by atoms with E-state index in [9.17, 15) is 18.4 Å². The van der Waals surface area contributed by atoms with E-state index < -0.39 is 30.2 Å². The van der Waals surface area contributed by atoms with Gasteiger partial charge in [-0.3, -0.25) is 4.79 Å². The first-order valence-corrected chi connectivity index (χ1v) is 5.28. The zero-order valence-corrected chi connectivity index (χ0v) is 9.74. The Morgan fingerprint density at radius 1 is 1.11 bits per heavy atom. The predicted molar refractivity (Wildman–Crippen MR) is 57.7 cm³/mol. The standard InChI is InChI=1S/C12H12F2O4/c1-2-17-12(16)7-18-11(15)6-8-3-4-9(13)10(14)5-8/h3-5H,2,6-7H2,1H3. The maximum absolute atomic E-state index is 12.8. The molecule has 1 aromatic carbocycles. The van der Waals surface area contributed by atoms with Gasteiger partial charge < -0.3 is 9.47 Å². The summed E-state index contributed by atoms with van der Waals surface area (Å²) < 4.78 is 34.6. The number of rotatable bonds is 5. The fourth-order valence-corrected chi connectivity index (χ4v) is 1.21. The second-order valence-corrected chi connectivity index (χ2v) is 3.39. The van der Waals surface area contributed by atoms with Crippen molar-refractivity contribution in [1.82, 2.24) is 0 Å². The average Bonchev–Trinajstić information content (AvgIpc) is 2.32. The number of carbonyl (C=O) groups is 2. The quantitative estimate of drug-likeness (QED) is 0.753. The summed E-state index contributed by atoms with van der Waals surface area (Å²) in [7, 11) is 0. The van der Waals surface area contributed by atoms with Gasteiger partial charge in [-0.05, 0) is 24.6 Å². The molecule has 18 heavy (non-hydrogen) atoms. The Balaban J connectivity index is 2.44. The van der Waals surface area contributed by atoms with Gasteiger partial charge in [0.25, 0.3) is 0 Å². The zero-order chi connectivity index (χ0) is 13.5. The highest BCUT2D eigenvalue weighted by atomic mass is 19.2. The Kier molecular flexibility index (Phi) is 5.23.